The maximum absolute atomic E-state index is 13.2. The minimum atomic E-state index is -4.52. The number of amides is 1. The summed E-state index contributed by atoms with van der Waals surface area (Å²) in [4.78, 5) is 18.5. The summed E-state index contributed by atoms with van der Waals surface area (Å²) >= 11 is 0. The van der Waals surface area contributed by atoms with Gasteiger partial charge in [0.15, 0.2) is 0 Å². The Hall–Kier alpha value is -3.36. The van der Waals surface area contributed by atoms with E-state index >= 15 is 0 Å². The summed E-state index contributed by atoms with van der Waals surface area (Å²) in [5.74, 6) is -0.401. The number of halogens is 3. The molecule has 6 nitrogen and oxygen atoms in total. The fourth-order valence-corrected chi connectivity index (χ4v) is 3.48. The van der Waals surface area contributed by atoms with Crippen LogP contribution in [0.4, 0.5) is 24.5 Å². The summed E-state index contributed by atoms with van der Waals surface area (Å²) in [5, 5.41) is 6.57. The summed E-state index contributed by atoms with van der Waals surface area (Å²) in [6.07, 6.45) is -0.0321. The number of nitrogens with one attached hydrogen (secondary N) is 1. The lowest BCUT2D eigenvalue weighted by Crippen LogP contribution is -2.37. The number of hydrogen-bond acceptors (Lipinski definition) is 4. The highest BCUT2D eigenvalue weighted by Gasteiger charge is 2.31. The Labute approximate surface area is 165 Å². The molecule has 0 saturated carbocycles. The molecular weight excluding hydrogens is 383 g/mol. The second-order valence-electron chi connectivity index (χ2n) is 6.77. The van der Waals surface area contributed by atoms with Crippen molar-refractivity contribution in [1.82, 2.24) is 14.8 Å². The van der Waals surface area contributed by atoms with Gasteiger partial charge in [0.1, 0.15) is 12.7 Å². The molecule has 0 atom stereocenters. The molecule has 0 spiro atoms. The van der Waals surface area contributed by atoms with E-state index < -0.39 is 17.6 Å². The predicted octanol–water partition coefficient (Wildman–Crippen LogP) is 3.68. The average molecular weight is 401 g/mol. The van der Waals surface area contributed by atoms with Crippen molar-refractivity contribution in [2.45, 2.75) is 19.0 Å². The third-order valence-corrected chi connectivity index (χ3v) is 4.80. The van der Waals surface area contributed by atoms with E-state index in [0.717, 1.165) is 36.2 Å². The van der Waals surface area contributed by atoms with Crippen LogP contribution >= 0.6 is 0 Å². The van der Waals surface area contributed by atoms with Crippen LogP contribution in [0.25, 0.3) is 5.69 Å². The maximum atomic E-state index is 13.2. The maximum Gasteiger partial charge on any atom is 0.416 e. The van der Waals surface area contributed by atoms with E-state index in [1.165, 1.54) is 23.4 Å². The number of fused-ring (bicyclic) bond motifs is 1. The highest BCUT2D eigenvalue weighted by molar-refractivity contribution is 5.96. The summed E-state index contributed by atoms with van der Waals surface area (Å²) in [6, 6.07) is 11.0. The highest BCUT2D eigenvalue weighted by Crippen LogP contribution is 2.33. The highest BCUT2D eigenvalue weighted by atomic mass is 19.4. The van der Waals surface area contributed by atoms with Crippen molar-refractivity contribution < 1.29 is 18.0 Å². The Balaban J connectivity index is 1.59. The number of alkyl halides is 3. The zero-order valence-electron chi connectivity index (χ0n) is 15.4. The molecule has 1 N–H and O–H groups in total. The first kappa shape index (κ1) is 19.0. The van der Waals surface area contributed by atoms with Gasteiger partial charge in [-0.3, -0.25) is 4.79 Å². The number of rotatable bonds is 4. The van der Waals surface area contributed by atoms with Gasteiger partial charge in [-0.15, -0.1) is 0 Å². The Morgan fingerprint density at radius 1 is 1.14 bits per heavy atom. The molecule has 0 radical (unpaired) electrons. The number of hydrogen-bond donors (Lipinski definition) is 1. The molecule has 3 aromatic rings. The van der Waals surface area contributed by atoms with E-state index in [9.17, 15) is 18.0 Å². The lowest BCUT2D eigenvalue weighted by Gasteiger charge is -2.30. The van der Waals surface area contributed by atoms with Gasteiger partial charge in [0.25, 0.3) is 0 Å². The van der Waals surface area contributed by atoms with Crippen LogP contribution in [0.5, 0.6) is 0 Å². The van der Waals surface area contributed by atoms with Crippen molar-refractivity contribution in [3.8, 4) is 5.69 Å². The average Bonchev–Trinajstić information content (AvgIpc) is 3.22. The van der Waals surface area contributed by atoms with Crippen LogP contribution in [0.15, 0.2) is 55.1 Å². The van der Waals surface area contributed by atoms with Crippen LogP contribution < -0.4 is 10.2 Å². The number of benzene rings is 2. The van der Waals surface area contributed by atoms with E-state index in [-0.39, 0.29) is 12.2 Å². The van der Waals surface area contributed by atoms with Crippen molar-refractivity contribution in [2.75, 3.05) is 23.3 Å². The topological polar surface area (TPSA) is 63.1 Å². The smallest absolute Gasteiger partial charge is 0.362 e. The lowest BCUT2D eigenvalue weighted by molar-refractivity contribution is -0.137. The van der Waals surface area contributed by atoms with Gasteiger partial charge in [0, 0.05) is 12.2 Å². The van der Waals surface area contributed by atoms with Crippen LogP contribution in [0, 0.1) is 0 Å². The molecule has 0 unspecified atom stereocenters. The van der Waals surface area contributed by atoms with E-state index in [2.05, 4.69) is 15.4 Å². The second-order valence-corrected chi connectivity index (χ2v) is 6.77. The van der Waals surface area contributed by atoms with Crippen molar-refractivity contribution in [3.63, 3.8) is 0 Å². The lowest BCUT2D eigenvalue weighted by atomic mass is 10.0. The Bertz CT molecular complexity index is 1020. The van der Waals surface area contributed by atoms with Crippen molar-refractivity contribution in [1.29, 1.82) is 0 Å². The van der Waals surface area contributed by atoms with Gasteiger partial charge >= 0.3 is 6.18 Å². The summed E-state index contributed by atoms with van der Waals surface area (Å²) < 4.78 is 40.8. The van der Waals surface area contributed by atoms with E-state index in [4.69, 9.17) is 0 Å². The van der Waals surface area contributed by atoms with Crippen molar-refractivity contribution in [2.24, 2.45) is 0 Å². The molecule has 9 heteroatoms. The Morgan fingerprint density at radius 3 is 2.72 bits per heavy atom. The Kier molecular flexibility index (Phi) is 4.96. The first-order chi connectivity index (χ1) is 13.9. The predicted molar refractivity (Wildman–Crippen MR) is 102 cm³/mol. The van der Waals surface area contributed by atoms with Gasteiger partial charge in [0.2, 0.25) is 5.91 Å². The number of aryl methyl sites for hydroxylation is 1. The zero-order valence-corrected chi connectivity index (χ0v) is 15.4. The van der Waals surface area contributed by atoms with Crippen LogP contribution in [-0.4, -0.2) is 33.8 Å². The molecule has 2 heterocycles. The molecule has 29 heavy (non-hydrogen) atoms. The number of anilines is 2. The van der Waals surface area contributed by atoms with Crippen LogP contribution in [0.2, 0.25) is 0 Å². The third kappa shape index (κ3) is 4.08. The fraction of sp³-hybridized carbons (Fsp3) is 0.250. The fourth-order valence-electron chi connectivity index (χ4n) is 3.48. The standard InChI is InChI=1S/C20H18F3N5O/c21-20(22,23)15-7-8-18(28-13-24-12-25-28)16(10-15)26-19(29)11-27-9-3-5-14-4-1-2-6-17(14)27/h1-2,4,6-8,10,12-13H,3,5,9,11H2,(H,26,29). The van der Waals surface area contributed by atoms with E-state index in [1.807, 2.05) is 29.2 Å². The molecule has 0 bridgehead atoms. The summed E-state index contributed by atoms with van der Waals surface area (Å²) in [6.45, 7) is 0.757. The minimum Gasteiger partial charge on any atom is -0.362 e. The first-order valence-electron chi connectivity index (χ1n) is 9.11. The molecule has 1 aromatic heterocycles. The van der Waals surface area contributed by atoms with Gasteiger partial charge in [-0.2, -0.15) is 18.3 Å². The number of carbonyl (C=O) groups is 1. The van der Waals surface area contributed by atoms with Crippen molar-refractivity contribution in [3.05, 3.63) is 66.2 Å². The molecule has 0 fully saturated rings. The monoisotopic (exact) mass is 401 g/mol. The third-order valence-electron chi connectivity index (χ3n) is 4.80. The van der Waals surface area contributed by atoms with Crippen molar-refractivity contribution >= 4 is 17.3 Å². The molecule has 2 aromatic carbocycles. The zero-order chi connectivity index (χ0) is 20.4. The minimum absolute atomic E-state index is 0.0284. The Morgan fingerprint density at radius 2 is 1.97 bits per heavy atom. The summed E-state index contributed by atoms with van der Waals surface area (Å²) in [5.41, 5.74) is 1.63. The molecule has 1 amide bonds. The second kappa shape index (κ2) is 7.57. The van der Waals surface area contributed by atoms with Crippen LogP contribution in [0.1, 0.15) is 17.5 Å². The molecule has 0 saturated heterocycles. The quantitative estimate of drug-likeness (QED) is 0.725. The molecule has 0 aliphatic carbocycles. The van der Waals surface area contributed by atoms with E-state index in [0.29, 0.717) is 12.2 Å². The largest absolute Gasteiger partial charge is 0.416 e. The molecule has 1 aliphatic heterocycles. The molecule has 1 aliphatic rings. The number of carbonyl (C=O) groups excluding carboxylic acids is 1. The SMILES string of the molecule is O=C(CN1CCCc2ccccc21)Nc1cc(C(F)(F)F)ccc1-n1cncn1. The van der Waals surface area contributed by atoms with E-state index in [1.54, 1.807) is 0 Å². The van der Waals surface area contributed by atoms with Gasteiger partial charge < -0.3 is 10.2 Å². The van der Waals surface area contributed by atoms with Gasteiger partial charge in [-0.1, -0.05) is 18.2 Å². The molecule has 150 valence electrons. The van der Waals surface area contributed by atoms with Gasteiger partial charge in [-0.05, 0) is 42.7 Å². The molecular formula is C20H18F3N5O. The number of aromatic nitrogens is 3. The first-order valence-corrected chi connectivity index (χ1v) is 9.11. The normalized spacial score (nSPS) is 13.8. The number of nitrogens with zero attached hydrogens (tertiary/aromatic N) is 4. The molecule has 4 rings (SSSR count). The van der Waals surface area contributed by atoms with Crippen LogP contribution in [-0.2, 0) is 17.4 Å². The van der Waals surface area contributed by atoms with Gasteiger partial charge in [-0.25, -0.2) is 9.67 Å². The summed E-state index contributed by atoms with van der Waals surface area (Å²) in [7, 11) is 0. The number of para-hydroxylation sites is 1. The van der Waals surface area contributed by atoms with Gasteiger partial charge in [0.05, 0.1) is 23.5 Å². The van der Waals surface area contributed by atoms with Crippen LogP contribution in [0.3, 0.4) is 0 Å².